The van der Waals surface area contributed by atoms with Crippen LogP contribution in [0.25, 0.3) is 0 Å². The van der Waals surface area contributed by atoms with E-state index in [0.717, 1.165) is 24.9 Å². The number of nitro benzene ring substituents is 1. The second kappa shape index (κ2) is 7.79. The van der Waals surface area contributed by atoms with Crippen LogP contribution in [0.3, 0.4) is 0 Å². The van der Waals surface area contributed by atoms with Crippen molar-refractivity contribution in [3.63, 3.8) is 0 Å². The van der Waals surface area contributed by atoms with Gasteiger partial charge in [-0.1, -0.05) is 0 Å². The Morgan fingerprint density at radius 1 is 1.48 bits per heavy atom. The first-order valence-corrected chi connectivity index (χ1v) is 8.48. The molecule has 0 saturated carbocycles. The molecule has 8 nitrogen and oxygen atoms in total. The van der Waals surface area contributed by atoms with Gasteiger partial charge in [0.2, 0.25) is 0 Å². The third-order valence-electron chi connectivity index (χ3n) is 4.50. The molecule has 8 heteroatoms. The molecule has 1 saturated heterocycles. The minimum atomic E-state index is -0.407. The van der Waals surface area contributed by atoms with Crippen LogP contribution in [0.15, 0.2) is 12.1 Å². The highest BCUT2D eigenvalue weighted by molar-refractivity contribution is 5.72. The molecule has 136 valence electrons. The average Bonchev–Trinajstić information content (AvgIpc) is 2.62. The number of fused-ring (bicyclic) bond motifs is 1. The Morgan fingerprint density at radius 2 is 2.32 bits per heavy atom. The van der Waals surface area contributed by atoms with Crippen molar-refractivity contribution in [3.05, 3.63) is 33.4 Å². The van der Waals surface area contributed by atoms with Crippen LogP contribution in [0.1, 0.15) is 30.9 Å². The summed E-state index contributed by atoms with van der Waals surface area (Å²) in [7, 11) is 0. The monoisotopic (exact) mass is 350 g/mol. The van der Waals surface area contributed by atoms with E-state index in [-0.39, 0.29) is 24.4 Å². The van der Waals surface area contributed by atoms with Crippen molar-refractivity contribution in [2.45, 2.75) is 32.9 Å². The van der Waals surface area contributed by atoms with Crippen LogP contribution in [0.4, 0.5) is 5.69 Å². The van der Waals surface area contributed by atoms with E-state index in [1.807, 2.05) is 0 Å². The van der Waals surface area contributed by atoms with E-state index in [4.69, 9.17) is 14.2 Å². The van der Waals surface area contributed by atoms with Gasteiger partial charge in [-0.3, -0.25) is 19.8 Å². The van der Waals surface area contributed by atoms with Gasteiger partial charge in [-0.05, 0) is 26.3 Å². The number of carbonyl (C=O) groups excluding carboxylic acids is 1. The van der Waals surface area contributed by atoms with Gasteiger partial charge < -0.3 is 14.2 Å². The number of nitrogens with zero attached hydrogens (tertiary/aromatic N) is 2. The number of ether oxygens (including phenoxy) is 3. The van der Waals surface area contributed by atoms with Gasteiger partial charge in [-0.2, -0.15) is 0 Å². The molecule has 0 N–H and O–H groups in total. The first kappa shape index (κ1) is 17.6. The van der Waals surface area contributed by atoms with Crippen molar-refractivity contribution in [1.29, 1.82) is 0 Å². The van der Waals surface area contributed by atoms with Gasteiger partial charge in [-0.25, -0.2) is 0 Å². The number of hydrogen-bond acceptors (Lipinski definition) is 7. The smallest absolute Gasteiger partial charge is 0.310 e. The van der Waals surface area contributed by atoms with Crippen LogP contribution < -0.4 is 4.74 Å². The number of nitro groups is 1. The first-order chi connectivity index (χ1) is 12.1. The summed E-state index contributed by atoms with van der Waals surface area (Å²) in [4.78, 5) is 24.9. The summed E-state index contributed by atoms with van der Waals surface area (Å²) in [5, 5.41) is 11.2. The molecule has 0 aromatic heterocycles. The molecule has 1 aromatic rings. The predicted octanol–water partition coefficient (Wildman–Crippen LogP) is 2.24. The summed E-state index contributed by atoms with van der Waals surface area (Å²) in [5.41, 5.74) is 1.48. The fourth-order valence-corrected chi connectivity index (χ4v) is 3.40. The van der Waals surface area contributed by atoms with Gasteiger partial charge >= 0.3 is 5.97 Å². The molecule has 2 aliphatic rings. The molecule has 0 bridgehead atoms. The summed E-state index contributed by atoms with van der Waals surface area (Å²) in [5.74, 6) is 0.348. The number of esters is 1. The lowest BCUT2D eigenvalue weighted by molar-refractivity contribution is -0.385. The Morgan fingerprint density at radius 3 is 3.08 bits per heavy atom. The SMILES string of the molecule is CCOC(=O)C1CCCN(Cc2cc([N+](=O)[O-])cc3c2OCOC3)C1. The largest absolute Gasteiger partial charge is 0.467 e. The van der Waals surface area contributed by atoms with Crippen molar-refractivity contribution in [3.8, 4) is 5.75 Å². The molecule has 0 aliphatic carbocycles. The minimum absolute atomic E-state index is 0.0294. The Kier molecular flexibility index (Phi) is 5.50. The summed E-state index contributed by atoms with van der Waals surface area (Å²) in [6.07, 6.45) is 1.71. The van der Waals surface area contributed by atoms with Crippen molar-refractivity contribution in [1.82, 2.24) is 4.90 Å². The van der Waals surface area contributed by atoms with E-state index in [1.165, 1.54) is 6.07 Å². The van der Waals surface area contributed by atoms with Crippen molar-refractivity contribution in [2.75, 3.05) is 26.5 Å². The molecule has 1 fully saturated rings. The zero-order valence-electron chi connectivity index (χ0n) is 14.2. The lowest BCUT2D eigenvalue weighted by atomic mass is 9.97. The van der Waals surface area contributed by atoms with Crippen molar-refractivity contribution >= 4 is 11.7 Å². The fourth-order valence-electron chi connectivity index (χ4n) is 3.40. The number of piperidine rings is 1. The number of rotatable bonds is 5. The standard InChI is InChI=1S/C17H22N2O6/c1-2-24-17(20)12-4-3-5-18(8-12)9-13-6-15(19(21)22)7-14-10-23-11-25-16(13)14/h6-7,12H,2-5,8-11H2,1H3. The van der Waals surface area contributed by atoms with Gasteiger partial charge in [0.05, 0.1) is 24.1 Å². The lowest BCUT2D eigenvalue weighted by Gasteiger charge is -2.32. The number of carbonyl (C=O) groups is 1. The summed E-state index contributed by atoms with van der Waals surface area (Å²) in [6.45, 7) is 4.55. The van der Waals surface area contributed by atoms with Crippen LogP contribution >= 0.6 is 0 Å². The topological polar surface area (TPSA) is 91.1 Å². The van der Waals surface area contributed by atoms with E-state index < -0.39 is 4.92 Å². The number of hydrogen-bond donors (Lipinski definition) is 0. The maximum Gasteiger partial charge on any atom is 0.310 e. The van der Waals surface area contributed by atoms with E-state index in [1.54, 1.807) is 13.0 Å². The molecule has 25 heavy (non-hydrogen) atoms. The zero-order chi connectivity index (χ0) is 17.8. The molecule has 0 radical (unpaired) electrons. The molecular formula is C17H22N2O6. The molecular weight excluding hydrogens is 328 g/mol. The lowest BCUT2D eigenvalue weighted by Crippen LogP contribution is -2.39. The van der Waals surface area contributed by atoms with Crippen LogP contribution in [-0.4, -0.2) is 42.3 Å². The predicted molar refractivity (Wildman–Crippen MR) is 88.0 cm³/mol. The Hall–Kier alpha value is -2.19. The second-order valence-electron chi connectivity index (χ2n) is 6.29. The number of likely N-dealkylation sites (tertiary alicyclic amines) is 1. The fraction of sp³-hybridized carbons (Fsp3) is 0.588. The van der Waals surface area contributed by atoms with Crippen LogP contribution in [-0.2, 0) is 27.4 Å². The van der Waals surface area contributed by atoms with Gasteiger partial charge in [0.1, 0.15) is 5.75 Å². The van der Waals surface area contributed by atoms with Gasteiger partial charge in [-0.15, -0.1) is 0 Å². The molecule has 0 spiro atoms. The highest BCUT2D eigenvalue weighted by Crippen LogP contribution is 2.34. The van der Waals surface area contributed by atoms with E-state index in [0.29, 0.717) is 37.6 Å². The number of non-ortho nitro benzene ring substituents is 1. The Bertz CT molecular complexity index is 663. The molecule has 2 heterocycles. The Labute approximate surface area is 145 Å². The first-order valence-electron chi connectivity index (χ1n) is 8.48. The van der Waals surface area contributed by atoms with Gasteiger partial charge in [0, 0.05) is 36.3 Å². The van der Waals surface area contributed by atoms with Gasteiger partial charge in [0.25, 0.3) is 5.69 Å². The summed E-state index contributed by atoms with van der Waals surface area (Å²) < 4.78 is 15.9. The highest BCUT2D eigenvalue weighted by Gasteiger charge is 2.28. The minimum Gasteiger partial charge on any atom is -0.467 e. The maximum absolute atomic E-state index is 12.0. The summed E-state index contributed by atoms with van der Waals surface area (Å²) >= 11 is 0. The Balaban J connectivity index is 1.78. The maximum atomic E-state index is 12.0. The van der Waals surface area contributed by atoms with E-state index in [9.17, 15) is 14.9 Å². The molecule has 1 unspecified atom stereocenters. The van der Waals surface area contributed by atoms with Crippen LogP contribution in [0.2, 0.25) is 0 Å². The van der Waals surface area contributed by atoms with Gasteiger partial charge in [0.15, 0.2) is 6.79 Å². The average molecular weight is 350 g/mol. The van der Waals surface area contributed by atoms with Crippen LogP contribution in [0.5, 0.6) is 5.75 Å². The highest BCUT2D eigenvalue weighted by atomic mass is 16.7. The van der Waals surface area contributed by atoms with Crippen molar-refractivity contribution < 1.29 is 23.9 Å². The van der Waals surface area contributed by atoms with Crippen molar-refractivity contribution in [2.24, 2.45) is 5.92 Å². The third-order valence-corrected chi connectivity index (χ3v) is 4.50. The summed E-state index contributed by atoms with van der Waals surface area (Å²) in [6, 6.07) is 3.05. The van der Waals surface area contributed by atoms with E-state index in [2.05, 4.69) is 4.90 Å². The van der Waals surface area contributed by atoms with E-state index >= 15 is 0 Å². The number of benzene rings is 1. The molecule has 3 rings (SSSR count). The third kappa shape index (κ3) is 4.08. The molecule has 1 atom stereocenters. The normalized spacial score (nSPS) is 20.4. The quantitative estimate of drug-likeness (QED) is 0.457. The second-order valence-corrected chi connectivity index (χ2v) is 6.29. The molecule has 2 aliphatic heterocycles. The zero-order valence-corrected chi connectivity index (χ0v) is 14.2. The van der Waals surface area contributed by atoms with Crippen LogP contribution in [0, 0.1) is 16.0 Å². The molecule has 0 amide bonds. The molecule has 1 aromatic carbocycles.